The maximum absolute atomic E-state index is 11.1. The largest absolute Gasteiger partial charge is 0.733 e. The van der Waals surface area contributed by atoms with Gasteiger partial charge in [-0.3, -0.25) is 10.2 Å². The van der Waals surface area contributed by atoms with Crippen LogP contribution in [0.4, 0.5) is 11.4 Å². The first-order valence-corrected chi connectivity index (χ1v) is 8.78. The van der Waals surface area contributed by atoms with Gasteiger partial charge in [-0.25, -0.2) is 0 Å². The number of benzene rings is 3. The van der Waals surface area contributed by atoms with Gasteiger partial charge in [0.2, 0.25) is 0 Å². The van der Waals surface area contributed by atoms with Crippen molar-refractivity contribution in [2.24, 2.45) is 0 Å². The molecular weight excluding hydrogens is 354 g/mol. The number of aromatic nitrogens is 1. The average Bonchev–Trinajstić information content (AvgIpc) is 2.74. The number of nitrogens with zero attached hydrogens (tertiary/aromatic N) is 2. The standard InChI is InChI=1S/C22H18N3O3/c26-22-19(13-10-15-5-4-14-23-21(15)22)20(24-17-6-2-1-3-7-17)16-8-11-18(12-9-16)25(27)28/h1-14,20,24,26-27H/q-1. The number of rotatable bonds is 5. The Morgan fingerprint density at radius 2 is 1.64 bits per heavy atom. The molecule has 6 heteroatoms. The minimum absolute atomic E-state index is 0.100. The number of phenols is 1. The summed E-state index contributed by atoms with van der Waals surface area (Å²) in [4.78, 5) is 4.30. The second-order valence-electron chi connectivity index (χ2n) is 6.39. The Balaban J connectivity index is 1.82. The maximum atomic E-state index is 11.1. The number of phenolic OH excluding ortho intramolecular Hbond substituents is 1. The fraction of sp³-hybridized carbons (Fsp3) is 0.0455. The van der Waals surface area contributed by atoms with E-state index in [1.165, 1.54) is 12.1 Å². The molecule has 0 aliphatic rings. The summed E-state index contributed by atoms with van der Waals surface area (Å²) in [7, 11) is 0. The summed E-state index contributed by atoms with van der Waals surface area (Å²) in [5, 5.41) is 35.2. The van der Waals surface area contributed by atoms with Crippen LogP contribution in [0.2, 0.25) is 0 Å². The quantitative estimate of drug-likeness (QED) is 0.434. The molecular formula is C22H18N3O3-. The Morgan fingerprint density at radius 1 is 0.893 bits per heavy atom. The summed E-state index contributed by atoms with van der Waals surface area (Å²) in [6.07, 6.45) is 1.64. The van der Waals surface area contributed by atoms with Crippen molar-refractivity contribution in [3.8, 4) is 5.75 Å². The van der Waals surface area contributed by atoms with Gasteiger partial charge < -0.3 is 20.9 Å². The van der Waals surface area contributed by atoms with Crippen LogP contribution >= 0.6 is 0 Å². The fourth-order valence-corrected chi connectivity index (χ4v) is 3.21. The van der Waals surface area contributed by atoms with Crippen molar-refractivity contribution < 1.29 is 10.3 Å². The number of hydrogen-bond acceptors (Lipinski definition) is 6. The van der Waals surface area contributed by atoms with Gasteiger partial charge in [0.15, 0.2) is 0 Å². The highest BCUT2D eigenvalue weighted by atomic mass is 16.8. The van der Waals surface area contributed by atoms with Crippen LogP contribution in [0.15, 0.2) is 85.1 Å². The van der Waals surface area contributed by atoms with Crippen LogP contribution in [0, 0.1) is 5.21 Å². The van der Waals surface area contributed by atoms with Crippen molar-refractivity contribution in [3.63, 3.8) is 0 Å². The Labute approximate surface area is 161 Å². The third-order valence-corrected chi connectivity index (χ3v) is 4.62. The summed E-state index contributed by atoms with van der Waals surface area (Å²) in [6.45, 7) is 0. The highest BCUT2D eigenvalue weighted by Crippen LogP contribution is 2.36. The Hall–Kier alpha value is -3.61. The van der Waals surface area contributed by atoms with E-state index < -0.39 is 0 Å². The first-order chi connectivity index (χ1) is 13.6. The lowest BCUT2D eigenvalue weighted by molar-refractivity contribution is 0.296. The third kappa shape index (κ3) is 3.46. The predicted octanol–water partition coefficient (Wildman–Crippen LogP) is 4.84. The number of fused-ring (bicyclic) bond motifs is 1. The van der Waals surface area contributed by atoms with Crippen molar-refractivity contribution in [2.75, 3.05) is 10.5 Å². The van der Waals surface area contributed by atoms with Gasteiger partial charge in [0.1, 0.15) is 11.3 Å². The molecule has 0 bridgehead atoms. The van der Waals surface area contributed by atoms with E-state index in [2.05, 4.69) is 10.3 Å². The summed E-state index contributed by atoms with van der Waals surface area (Å²) < 4.78 is 0. The first-order valence-electron chi connectivity index (χ1n) is 8.78. The Kier molecular flexibility index (Phi) is 4.80. The van der Waals surface area contributed by atoms with Crippen molar-refractivity contribution in [2.45, 2.75) is 6.04 Å². The number of anilines is 2. The molecule has 0 radical (unpaired) electrons. The van der Waals surface area contributed by atoms with Gasteiger partial charge in [0.25, 0.3) is 0 Å². The molecule has 3 aromatic carbocycles. The molecule has 0 saturated heterocycles. The molecule has 1 heterocycles. The van der Waals surface area contributed by atoms with E-state index in [-0.39, 0.29) is 22.7 Å². The lowest BCUT2D eigenvalue weighted by Crippen LogP contribution is -2.13. The van der Waals surface area contributed by atoms with Gasteiger partial charge in [0, 0.05) is 22.8 Å². The number of aromatic hydroxyl groups is 1. The summed E-state index contributed by atoms with van der Waals surface area (Å²) >= 11 is 0. The molecule has 1 aromatic heterocycles. The molecule has 4 aromatic rings. The van der Waals surface area contributed by atoms with Crippen LogP contribution in [0.25, 0.3) is 10.9 Å². The van der Waals surface area contributed by atoms with Crippen molar-refractivity contribution in [1.29, 1.82) is 0 Å². The second-order valence-corrected chi connectivity index (χ2v) is 6.39. The molecule has 0 aliphatic carbocycles. The minimum atomic E-state index is -0.387. The number of pyridine rings is 1. The summed E-state index contributed by atoms with van der Waals surface area (Å²) in [5.74, 6) is 0.100. The Morgan fingerprint density at radius 3 is 2.36 bits per heavy atom. The SMILES string of the molecule is [O-]N(O)c1ccc(C(Nc2ccccc2)c2ccc3cccnc3c2O)cc1. The molecule has 140 valence electrons. The van der Waals surface area contributed by atoms with Crippen LogP contribution < -0.4 is 10.5 Å². The maximum Gasteiger partial charge on any atom is 0.147 e. The van der Waals surface area contributed by atoms with Crippen LogP contribution in [0.5, 0.6) is 5.75 Å². The zero-order chi connectivity index (χ0) is 19.5. The molecule has 28 heavy (non-hydrogen) atoms. The van der Waals surface area contributed by atoms with E-state index >= 15 is 0 Å². The fourth-order valence-electron chi connectivity index (χ4n) is 3.21. The molecule has 0 fully saturated rings. The lowest BCUT2D eigenvalue weighted by atomic mass is 9.95. The number of nitrogens with one attached hydrogen (secondary N) is 1. The van der Waals surface area contributed by atoms with Crippen LogP contribution in [0.3, 0.4) is 0 Å². The summed E-state index contributed by atoms with van der Waals surface area (Å²) in [6, 6.07) is 23.3. The van der Waals surface area contributed by atoms with Crippen LogP contribution in [-0.4, -0.2) is 15.3 Å². The van der Waals surface area contributed by atoms with Gasteiger partial charge in [-0.05, 0) is 35.9 Å². The van der Waals surface area contributed by atoms with Crippen LogP contribution in [-0.2, 0) is 0 Å². The number of hydrogen-bond donors (Lipinski definition) is 3. The van der Waals surface area contributed by atoms with Gasteiger partial charge in [-0.15, -0.1) is 0 Å². The van der Waals surface area contributed by atoms with E-state index in [9.17, 15) is 10.3 Å². The van der Waals surface area contributed by atoms with Gasteiger partial charge in [-0.2, -0.15) is 0 Å². The molecule has 4 rings (SSSR count). The zero-order valence-electron chi connectivity index (χ0n) is 14.9. The molecule has 0 amide bonds. The molecule has 6 nitrogen and oxygen atoms in total. The zero-order valence-corrected chi connectivity index (χ0v) is 14.9. The van der Waals surface area contributed by atoms with Gasteiger partial charge in [0.05, 0.1) is 11.7 Å². The van der Waals surface area contributed by atoms with E-state index in [0.717, 1.165) is 16.6 Å². The third-order valence-electron chi connectivity index (χ3n) is 4.62. The van der Waals surface area contributed by atoms with Gasteiger partial charge in [-0.1, -0.05) is 48.5 Å². The highest BCUT2D eigenvalue weighted by molar-refractivity contribution is 5.86. The normalized spacial score (nSPS) is 11.9. The molecule has 0 saturated carbocycles. The van der Waals surface area contributed by atoms with Crippen molar-refractivity contribution in [3.05, 3.63) is 101 Å². The molecule has 0 spiro atoms. The van der Waals surface area contributed by atoms with E-state index in [0.29, 0.717) is 11.1 Å². The average molecular weight is 372 g/mol. The van der Waals surface area contributed by atoms with Crippen LogP contribution in [0.1, 0.15) is 17.2 Å². The minimum Gasteiger partial charge on any atom is -0.733 e. The molecule has 1 atom stereocenters. The van der Waals surface area contributed by atoms with E-state index in [1.807, 2.05) is 54.6 Å². The monoisotopic (exact) mass is 372 g/mol. The van der Waals surface area contributed by atoms with Crippen molar-refractivity contribution >= 4 is 22.3 Å². The highest BCUT2D eigenvalue weighted by Gasteiger charge is 2.20. The van der Waals surface area contributed by atoms with E-state index in [1.54, 1.807) is 18.3 Å². The predicted molar refractivity (Wildman–Crippen MR) is 109 cm³/mol. The first kappa shape index (κ1) is 17.8. The lowest BCUT2D eigenvalue weighted by Gasteiger charge is -2.25. The van der Waals surface area contributed by atoms with E-state index in [4.69, 9.17) is 5.21 Å². The van der Waals surface area contributed by atoms with Crippen molar-refractivity contribution in [1.82, 2.24) is 4.98 Å². The Bertz CT molecular complexity index is 1080. The molecule has 3 N–H and O–H groups in total. The summed E-state index contributed by atoms with van der Waals surface area (Å²) in [5.41, 5.74) is 3.01. The molecule has 1 unspecified atom stereocenters. The topological polar surface area (TPSA) is 91.7 Å². The molecule has 0 aliphatic heterocycles. The number of para-hydroxylation sites is 1. The second kappa shape index (κ2) is 7.56. The smallest absolute Gasteiger partial charge is 0.147 e. The van der Waals surface area contributed by atoms with Gasteiger partial charge >= 0.3 is 0 Å².